The molecule has 0 aliphatic heterocycles. The molecule has 0 bridgehead atoms. The van der Waals surface area contributed by atoms with E-state index < -0.39 is 0 Å². The monoisotopic (exact) mass is 260 g/mol. The van der Waals surface area contributed by atoms with E-state index in [1.54, 1.807) is 11.3 Å². The third-order valence-electron chi connectivity index (χ3n) is 2.48. The molecule has 1 aliphatic carbocycles. The number of thiophene rings is 1. The van der Waals surface area contributed by atoms with E-state index in [4.69, 9.17) is 5.84 Å². The van der Waals surface area contributed by atoms with Crippen LogP contribution in [0.1, 0.15) is 30.9 Å². The highest BCUT2D eigenvalue weighted by atomic mass is 79.9. The molecular formula is C9H13BrN2S. The van der Waals surface area contributed by atoms with Crippen LogP contribution in [0.15, 0.2) is 15.2 Å². The Bertz CT molecular complexity index is 283. The molecule has 0 radical (unpaired) electrons. The second kappa shape index (κ2) is 4.09. The van der Waals surface area contributed by atoms with Gasteiger partial charge in [0, 0.05) is 15.9 Å². The van der Waals surface area contributed by atoms with Crippen molar-refractivity contribution in [2.24, 2.45) is 11.8 Å². The van der Waals surface area contributed by atoms with Crippen LogP contribution >= 0.6 is 27.3 Å². The van der Waals surface area contributed by atoms with E-state index in [0.717, 1.165) is 5.92 Å². The first-order valence-electron chi connectivity index (χ1n) is 4.49. The number of hydrazine groups is 1. The second-order valence-corrected chi connectivity index (χ2v) is 5.17. The minimum atomic E-state index is 0.327. The number of hydrogen-bond donors (Lipinski definition) is 2. The third-order valence-corrected chi connectivity index (χ3v) is 4.24. The second-order valence-electron chi connectivity index (χ2n) is 3.57. The molecule has 3 N–H and O–H groups in total. The zero-order valence-corrected chi connectivity index (χ0v) is 9.70. The molecule has 1 aliphatic rings. The molecule has 1 heterocycles. The Kier molecular flexibility index (Phi) is 3.03. The number of rotatable bonds is 4. The maximum atomic E-state index is 5.54. The Hall–Kier alpha value is 0.100. The number of nitrogens with two attached hydrogens (primary N) is 1. The first-order valence-corrected chi connectivity index (χ1v) is 6.22. The Morgan fingerprint density at radius 3 is 2.85 bits per heavy atom. The highest BCUT2D eigenvalue weighted by molar-refractivity contribution is 9.10. The van der Waals surface area contributed by atoms with Crippen LogP contribution in [0, 0.1) is 5.92 Å². The quantitative estimate of drug-likeness (QED) is 0.646. The van der Waals surface area contributed by atoms with Gasteiger partial charge in [-0.3, -0.25) is 11.3 Å². The molecule has 72 valence electrons. The summed E-state index contributed by atoms with van der Waals surface area (Å²) in [6, 6.07) is 0.327. The van der Waals surface area contributed by atoms with Gasteiger partial charge in [-0.25, -0.2) is 0 Å². The van der Waals surface area contributed by atoms with Crippen LogP contribution in [0.3, 0.4) is 0 Å². The molecule has 1 unspecified atom stereocenters. The van der Waals surface area contributed by atoms with Gasteiger partial charge in [0.25, 0.3) is 0 Å². The van der Waals surface area contributed by atoms with Gasteiger partial charge in [0.15, 0.2) is 0 Å². The van der Waals surface area contributed by atoms with E-state index in [-0.39, 0.29) is 0 Å². The zero-order chi connectivity index (χ0) is 9.26. The molecule has 0 spiro atoms. The lowest BCUT2D eigenvalue weighted by atomic mass is 10.1. The van der Waals surface area contributed by atoms with Crippen molar-refractivity contribution in [3.8, 4) is 0 Å². The minimum Gasteiger partial charge on any atom is -0.271 e. The summed E-state index contributed by atoms with van der Waals surface area (Å²) in [4.78, 5) is 0. The van der Waals surface area contributed by atoms with Crippen molar-refractivity contribution in [1.29, 1.82) is 0 Å². The van der Waals surface area contributed by atoms with Gasteiger partial charge < -0.3 is 0 Å². The van der Waals surface area contributed by atoms with Crippen molar-refractivity contribution >= 4 is 27.3 Å². The van der Waals surface area contributed by atoms with Crippen molar-refractivity contribution in [2.45, 2.75) is 25.3 Å². The van der Waals surface area contributed by atoms with E-state index in [9.17, 15) is 0 Å². The molecule has 0 aromatic carbocycles. The van der Waals surface area contributed by atoms with Crippen LogP contribution in [-0.2, 0) is 0 Å². The topological polar surface area (TPSA) is 38.0 Å². The average Bonchev–Trinajstić information content (AvgIpc) is 2.85. The fourth-order valence-corrected chi connectivity index (χ4v) is 3.14. The zero-order valence-electron chi connectivity index (χ0n) is 7.29. The standard InChI is InChI=1S/C9H13BrN2S/c10-8-5-13-4-7(8)9(12-11)3-6-1-2-6/h4-6,9,12H,1-3,11H2. The van der Waals surface area contributed by atoms with Crippen molar-refractivity contribution in [1.82, 2.24) is 5.43 Å². The van der Waals surface area contributed by atoms with Gasteiger partial charge >= 0.3 is 0 Å². The highest BCUT2D eigenvalue weighted by Crippen LogP contribution is 2.39. The van der Waals surface area contributed by atoms with E-state index >= 15 is 0 Å². The van der Waals surface area contributed by atoms with Gasteiger partial charge in [-0.15, -0.1) is 0 Å². The van der Waals surface area contributed by atoms with Crippen molar-refractivity contribution in [2.75, 3.05) is 0 Å². The molecule has 1 aromatic rings. The van der Waals surface area contributed by atoms with Crippen LogP contribution in [0.25, 0.3) is 0 Å². The summed E-state index contributed by atoms with van der Waals surface area (Å²) in [5.41, 5.74) is 4.20. The SMILES string of the molecule is NNC(CC1CC1)c1cscc1Br. The van der Waals surface area contributed by atoms with Gasteiger partial charge in [-0.05, 0) is 39.2 Å². The fraction of sp³-hybridized carbons (Fsp3) is 0.556. The molecule has 13 heavy (non-hydrogen) atoms. The number of halogens is 1. The normalized spacial score (nSPS) is 18.9. The molecule has 1 saturated carbocycles. The molecule has 0 saturated heterocycles. The Balaban J connectivity index is 2.06. The van der Waals surface area contributed by atoms with Crippen LogP contribution in [-0.4, -0.2) is 0 Å². The van der Waals surface area contributed by atoms with E-state index in [1.807, 2.05) is 0 Å². The molecule has 1 fully saturated rings. The molecule has 1 atom stereocenters. The van der Waals surface area contributed by atoms with E-state index in [2.05, 4.69) is 32.1 Å². The van der Waals surface area contributed by atoms with Gasteiger partial charge in [-0.2, -0.15) is 11.3 Å². The van der Waals surface area contributed by atoms with E-state index in [0.29, 0.717) is 6.04 Å². The summed E-state index contributed by atoms with van der Waals surface area (Å²) in [5, 5.41) is 4.27. The average molecular weight is 261 g/mol. The highest BCUT2D eigenvalue weighted by Gasteiger charge is 2.26. The molecule has 0 amide bonds. The molecule has 1 aromatic heterocycles. The first kappa shape index (κ1) is 9.65. The predicted molar refractivity (Wildman–Crippen MR) is 59.4 cm³/mol. The number of hydrogen-bond acceptors (Lipinski definition) is 3. The van der Waals surface area contributed by atoms with Crippen LogP contribution in [0.2, 0.25) is 0 Å². The predicted octanol–water partition coefficient (Wildman–Crippen LogP) is 2.82. The summed E-state index contributed by atoms with van der Waals surface area (Å²) in [6.07, 6.45) is 3.92. The summed E-state index contributed by atoms with van der Waals surface area (Å²) < 4.78 is 1.18. The smallest absolute Gasteiger partial charge is 0.0482 e. The van der Waals surface area contributed by atoms with Crippen LogP contribution < -0.4 is 11.3 Å². The Morgan fingerprint density at radius 1 is 1.62 bits per heavy atom. The Morgan fingerprint density at radius 2 is 2.38 bits per heavy atom. The summed E-state index contributed by atoms with van der Waals surface area (Å²) in [5.74, 6) is 6.44. The van der Waals surface area contributed by atoms with Crippen molar-refractivity contribution in [3.05, 3.63) is 20.8 Å². The van der Waals surface area contributed by atoms with E-state index in [1.165, 1.54) is 29.3 Å². The molecule has 4 heteroatoms. The largest absolute Gasteiger partial charge is 0.271 e. The molecule has 2 nitrogen and oxygen atoms in total. The van der Waals surface area contributed by atoms with Gasteiger partial charge in [0.05, 0.1) is 0 Å². The van der Waals surface area contributed by atoms with Crippen molar-refractivity contribution in [3.63, 3.8) is 0 Å². The maximum Gasteiger partial charge on any atom is 0.0482 e. The summed E-state index contributed by atoms with van der Waals surface area (Å²) >= 11 is 5.25. The first-order chi connectivity index (χ1) is 6.31. The lowest BCUT2D eigenvalue weighted by molar-refractivity contribution is 0.487. The fourth-order valence-electron chi connectivity index (χ4n) is 1.51. The summed E-state index contributed by atoms with van der Waals surface area (Å²) in [6.45, 7) is 0. The van der Waals surface area contributed by atoms with Gasteiger partial charge in [0.2, 0.25) is 0 Å². The van der Waals surface area contributed by atoms with Gasteiger partial charge in [-0.1, -0.05) is 12.8 Å². The van der Waals surface area contributed by atoms with Crippen molar-refractivity contribution < 1.29 is 0 Å². The third kappa shape index (κ3) is 2.31. The molecule has 2 rings (SSSR count). The lowest BCUT2D eigenvalue weighted by Gasteiger charge is -2.14. The maximum absolute atomic E-state index is 5.54. The minimum absolute atomic E-state index is 0.327. The lowest BCUT2D eigenvalue weighted by Crippen LogP contribution is -2.28. The molecular weight excluding hydrogens is 248 g/mol. The van der Waals surface area contributed by atoms with Gasteiger partial charge in [0.1, 0.15) is 0 Å². The number of nitrogens with one attached hydrogen (secondary N) is 1. The Labute approximate surface area is 90.6 Å². The summed E-state index contributed by atoms with van der Waals surface area (Å²) in [7, 11) is 0. The van der Waals surface area contributed by atoms with Crippen LogP contribution in [0.4, 0.5) is 0 Å². The van der Waals surface area contributed by atoms with Crippen LogP contribution in [0.5, 0.6) is 0 Å².